The molecule has 1 aromatic rings. The van der Waals surface area contributed by atoms with Crippen LogP contribution < -0.4 is 26.6 Å². The molecule has 3 atom stereocenters. The third-order valence-electron chi connectivity index (χ3n) is 15.2. The monoisotopic (exact) mass is 1780 g/mol. The Morgan fingerprint density at radius 1 is 0.412 bits per heavy atom. The van der Waals surface area contributed by atoms with Crippen LogP contribution in [0.15, 0.2) is 28.8 Å². The molecule has 696 valence electrons. The Labute approximate surface area is 714 Å². The number of carbonyl (C=O) groups excluding carboxylic acids is 5. The average Bonchev–Trinajstić information content (AvgIpc) is 0.849. The Morgan fingerprint density at radius 2 is 0.723 bits per heavy atom. The van der Waals surface area contributed by atoms with Crippen molar-refractivity contribution in [3.05, 3.63) is 34.3 Å². The molecule has 0 aliphatic heterocycles. The predicted molar refractivity (Wildman–Crippen MR) is 443 cm³/mol. The van der Waals surface area contributed by atoms with Gasteiger partial charge < -0.3 is 155 Å². The first-order chi connectivity index (χ1) is 57.7. The molecule has 0 heterocycles. The maximum atomic E-state index is 12.8. The first kappa shape index (κ1) is 112. The fraction of sp³-hybridized carbons (Fsp3) is 0.840. The summed E-state index contributed by atoms with van der Waals surface area (Å²) in [6.07, 6.45) is 2.55. The molecule has 0 bridgehead atoms. The van der Waals surface area contributed by atoms with Crippen LogP contribution in [0.2, 0.25) is 0 Å². The number of aliphatic hydroxyl groups is 1. The lowest BCUT2D eigenvalue weighted by atomic mass is 9.95. The average molecular weight is 1780 g/mol. The normalized spacial score (nSPS) is 12.7. The second-order valence-corrected chi connectivity index (χ2v) is 29.0. The van der Waals surface area contributed by atoms with E-state index < -0.39 is 41.4 Å². The number of esters is 1. The molecule has 0 aliphatic rings. The number of hydrogen-bond acceptors (Lipinski definition) is 33. The van der Waals surface area contributed by atoms with Gasteiger partial charge in [0.15, 0.2) is 0 Å². The Kier molecular flexibility index (Phi) is 76.9. The van der Waals surface area contributed by atoms with Gasteiger partial charge in [0.1, 0.15) is 23.2 Å². The molecular formula is C81H148BrN5O32. The van der Waals surface area contributed by atoms with Crippen LogP contribution in [0.25, 0.3) is 0 Å². The topological polar surface area (TPSA) is 417 Å². The Bertz CT molecular complexity index is 2570. The summed E-state index contributed by atoms with van der Waals surface area (Å²) in [5, 5.41) is 35.0. The number of phenols is 1. The number of anilines is 1. The van der Waals surface area contributed by atoms with Crippen LogP contribution in [0, 0.1) is 5.92 Å². The van der Waals surface area contributed by atoms with Gasteiger partial charge in [-0.1, -0.05) is 26.3 Å². The number of phenolic OH excluding ortho intramolecular Hbond substituents is 1. The van der Waals surface area contributed by atoms with Gasteiger partial charge in [0, 0.05) is 38.2 Å². The van der Waals surface area contributed by atoms with Gasteiger partial charge in [-0.05, 0) is 101 Å². The quantitative estimate of drug-likeness (QED) is 0.0155. The second kappa shape index (κ2) is 81.6. The van der Waals surface area contributed by atoms with Gasteiger partial charge in [-0.3, -0.25) is 19.2 Å². The van der Waals surface area contributed by atoms with Gasteiger partial charge in [0.05, 0.1) is 320 Å². The summed E-state index contributed by atoms with van der Waals surface area (Å²) in [6.45, 7) is 35.1. The molecule has 119 heavy (non-hydrogen) atoms. The fourth-order valence-electron chi connectivity index (χ4n) is 9.46. The van der Waals surface area contributed by atoms with Gasteiger partial charge in [0.25, 0.3) is 5.91 Å². The molecule has 0 saturated carbocycles. The van der Waals surface area contributed by atoms with Crippen LogP contribution in [-0.2, 0) is 144 Å². The van der Waals surface area contributed by atoms with E-state index in [2.05, 4.69) is 42.5 Å². The molecule has 1 rings (SSSR count). The van der Waals surface area contributed by atoms with E-state index in [0.717, 1.165) is 18.4 Å². The zero-order chi connectivity index (χ0) is 86.9. The third-order valence-corrected chi connectivity index (χ3v) is 15.8. The summed E-state index contributed by atoms with van der Waals surface area (Å²) >= 11 is 3.11. The molecule has 37 nitrogen and oxygen atoms in total. The number of hydrogen-bond donors (Lipinski definition) is 7. The first-order valence-corrected chi connectivity index (χ1v) is 42.4. The molecular weight excluding hydrogens is 1630 g/mol. The number of halogens is 1. The number of amides is 4. The van der Waals surface area contributed by atoms with Crippen molar-refractivity contribution < 1.29 is 153 Å². The highest BCUT2D eigenvalue weighted by Gasteiger charge is 2.28. The zero-order valence-electron chi connectivity index (χ0n) is 72.5. The van der Waals surface area contributed by atoms with E-state index in [1.54, 1.807) is 60.6 Å². The van der Waals surface area contributed by atoms with Gasteiger partial charge in [-0.2, -0.15) is 0 Å². The van der Waals surface area contributed by atoms with Crippen molar-refractivity contribution in [2.45, 2.75) is 117 Å². The largest absolute Gasteiger partial charge is 0.506 e. The molecule has 0 radical (unpaired) electrons. The van der Waals surface area contributed by atoms with Crippen molar-refractivity contribution in [2.75, 3.05) is 329 Å². The molecule has 0 aromatic heterocycles. The smallest absolute Gasteiger partial charge is 0.407 e. The van der Waals surface area contributed by atoms with E-state index in [9.17, 15) is 34.2 Å². The van der Waals surface area contributed by atoms with E-state index in [4.69, 9.17) is 118 Å². The van der Waals surface area contributed by atoms with E-state index in [1.165, 1.54) is 12.1 Å². The lowest BCUT2D eigenvalue weighted by Gasteiger charge is -2.27. The molecule has 4 amide bonds. The van der Waals surface area contributed by atoms with Crippen LogP contribution in [0.4, 0.5) is 10.5 Å². The highest BCUT2D eigenvalue weighted by Crippen LogP contribution is 2.27. The Balaban J connectivity index is 1.73. The van der Waals surface area contributed by atoms with Crippen LogP contribution >= 0.6 is 15.9 Å². The number of alkyl carbamates (subject to hydrolysis) is 1. The number of aromatic hydroxyl groups is 1. The predicted octanol–water partition coefficient (Wildman–Crippen LogP) is 4.52. The highest BCUT2D eigenvalue weighted by molar-refractivity contribution is 9.12. The van der Waals surface area contributed by atoms with E-state index in [0.29, 0.717) is 317 Å². The molecule has 7 N–H and O–H groups in total. The standard InChI is InChI=1S/C81H148BrN5O32/c1-9-10-15-83-75(90)66-71(82)77(92)85-16-11-12-74(89)84-17-18-95-19-20-96-21-22-97-23-24-98-25-26-99-27-28-100-29-30-101-31-32-102-33-34-103-35-36-104-37-38-105-39-40-106-41-42-107-43-44-108-45-46-109-47-48-110-49-50-111-51-52-112-53-54-113-55-56-114-57-58-115-59-60-116-61-62-117-67-76(91)87-72-65-69(13-14-73(72)88)64-70(86-79(94)119-81(6,7)8)63-68(2)78(93)118-80(3,4)5/h13-14,65-66,68,70,76,87-88,91H,9-12,15-64,67H2,1-8H3,(H,83,90)(H,84,89)(H,85,92)(H,86,94)/b71-66-/t68-,70-,76-/m1/s1. The number of unbranched alkanes of at least 4 members (excludes halogenated alkanes) is 1. The minimum absolute atomic E-state index is 0.0779. The van der Waals surface area contributed by atoms with Crippen molar-refractivity contribution >= 4 is 51.4 Å². The van der Waals surface area contributed by atoms with Crippen LogP contribution in [0.1, 0.15) is 93.1 Å². The van der Waals surface area contributed by atoms with Crippen LogP contribution in [0.3, 0.4) is 0 Å². The van der Waals surface area contributed by atoms with Crippen LogP contribution in [0.5, 0.6) is 5.75 Å². The number of rotatable bonds is 88. The van der Waals surface area contributed by atoms with Gasteiger partial charge in [-0.15, -0.1) is 0 Å². The second-order valence-electron chi connectivity index (χ2n) is 28.1. The maximum Gasteiger partial charge on any atom is 0.407 e. The lowest BCUT2D eigenvalue weighted by molar-refractivity contribution is -0.159. The van der Waals surface area contributed by atoms with Crippen molar-refractivity contribution in [1.29, 1.82) is 0 Å². The molecule has 0 aliphatic carbocycles. The number of carbonyl (C=O) groups is 5. The molecule has 1 aromatic carbocycles. The summed E-state index contributed by atoms with van der Waals surface area (Å²) in [6, 6.07) is 4.35. The molecule has 0 unspecified atom stereocenters. The van der Waals surface area contributed by atoms with Crippen LogP contribution in [-0.4, -0.2) is 387 Å². The molecule has 0 fully saturated rings. The van der Waals surface area contributed by atoms with Gasteiger partial charge in [-0.25, -0.2) is 4.79 Å². The SMILES string of the molecule is CCCCNC(=O)/C=C(\Br)C(=O)NCCCC(=O)NCCOCCOCCOCCOCCOCCOCCOCCOCCOCCOCCOCCOCCOCCOCCOCCOCCOCCOCCOCCOCCOCCOCCOC[C@@H](O)Nc1cc(C[C@@H](C[C@@H](C)C(=O)OC(C)(C)C)NC(=O)OC(C)(C)C)ccc1O. The summed E-state index contributed by atoms with van der Waals surface area (Å²) in [4.78, 5) is 61.4. The zero-order valence-corrected chi connectivity index (χ0v) is 74.0. The first-order valence-electron chi connectivity index (χ1n) is 41.7. The number of benzene rings is 1. The van der Waals surface area contributed by atoms with Crippen molar-refractivity contribution in [1.82, 2.24) is 21.3 Å². The fourth-order valence-corrected chi connectivity index (χ4v) is 9.81. The Morgan fingerprint density at radius 3 is 1.04 bits per heavy atom. The summed E-state index contributed by atoms with van der Waals surface area (Å²) in [5.74, 6) is -1.89. The Hall–Kier alpha value is -4.77. The molecule has 0 saturated heterocycles. The van der Waals surface area contributed by atoms with Gasteiger partial charge in [0.2, 0.25) is 11.8 Å². The third kappa shape index (κ3) is 80.1. The highest BCUT2D eigenvalue weighted by atomic mass is 79.9. The summed E-state index contributed by atoms with van der Waals surface area (Å²) in [5.41, 5.74) is -0.382. The number of nitrogens with one attached hydrogen (secondary N) is 5. The maximum absolute atomic E-state index is 12.8. The summed E-state index contributed by atoms with van der Waals surface area (Å²) in [7, 11) is 0. The van der Waals surface area contributed by atoms with Gasteiger partial charge >= 0.3 is 12.1 Å². The van der Waals surface area contributed by atoms with E-state index in [-0.39, 0.29) is 66.4 Å². The molecule has 38 heteroatoms. The van der Waals surface area contributed by atoms with E-state index in [1.807, 2.05) is 6.92 Å². The minimum atomic E-state index is -1.14. The summed E-state index contributed by atoms with van der Waals surface area (Å²) < 4.78 is 138. The number of ether oxygens (including phenoxy) is 25. The van der Waals surface area contributed by atoms with Crippen molar-refractivity contribution in [3.63, 3.8) is 0 Å². The molecule has 0 spiro atoms. The number of aliphatic hydroxyl groups excluding tert-OH is 1. The van der Waals surface area contributed by atoms with Crippen molar-refractivity contribution in [2.24, 2.45) is 5.92 Å². The minimum Gasteiger partial charge on any atom is -0.506 e. The lowest BCUT2D eigenvalue weighted by Crippen LogP contribution is -2.42. The van der Waals surface area contributed by atoms with Crippen molar-refractivity contribution in [3.8, 4) is 5.75 Å². The van der Waals surface area contributed by atoms with E-state index >= 15 is 0 Å².